The second-order valence-electron chi connectivity index (χ2n) is 1.84. The first-order chi connectivity index (χ1) is 4.34. The Morgan fingerprint density at radius 1 is 1.78 bits per heavy atom. The molecule has 3 heteroatoms. The number of hydrogen-bond donors (Lipinski definition) is 1. The van der Waals surface area contributed by atoms with Gasteiger partial charge < -0.3 is 5.11 Å². The minimum Gasteiger partial charge on any atom is -0.390 e. The summed E-state index contributed by atoms with van der Waals surface area (Å²) in [7, 11) is 0. The molecule has 0 fully saturated rings. The molecule has 0 bridgehead atoms. The van der Waals surface area contributed by atoms with Crippen LogP contribution in [0.1, 0.15) is 5.01 Å². The molecule has 1 rings (SSSR count). The summed E-state index contributed by atoms with van der Waals surface area (Å²) >= 11 is 1.70. The normalized spacial score (nSPS) is 10.0. The molecule has 50 valence electrons. The van der Waals surface area contributed by atoms with Crippen molar-refractivity contribution in [2.75, 3.05) is 6.61 Å². The van der Waals surface area contributed by atoms with Crippen molar-refractivity contribution < 1.29 is 9.67 Å². The van der Waals surface area contributed by atoms with E-state index in [4.69, 9.17) is 5.11 Å². The molecular formula is C6H10NOS+. The fraction of sp³-hybridized carbons (Fsp3) is 0.500. The lowest BCUT2D eigenvalue weighted by Crippen LogP contribution is -2.35. The number of hydrogen-bond acceptors (Lipinski definition) is 2. The van der Waals surface area contributed by atoms with Gasteiger partial charge in [-0.1, -0.05) is 11.3 Å². The van der Waals surface area contributed by atoms with E-state index in [1.165, 1.54) is 5.01 Å². The van der Waals surface area contributed by atoms with Gasteiger partial charge in [0.1, 0.15) is 6.61 Å². The van der Waals surface area contributed by atoms with Crippen LogP contribution in [-0.4, -0.2) is 11.7 Å². The van der Waals surface area contributed by atoms with Crippen LogP contribution in [0.25, 0.3) is 0 Å². The molecule has 0 amide bonds. The van der Waals surface area contributed by atoms with Gasteiger partial charge in [-0.2, -0.15) is 4.57 Å². The second-order valence-corrected chi connectivity index (χ2v) is 2.94. The fourth-order valence-electron chi connectivity index (χ4n) is 0.715. The van der Waals surface area contributed by atoms with Crippen LogP contribution < -0.4 is 4.57 Å². The number of aliphatic hydroxyl groups is 1. The third-order valence-corrected chi connectivity index (χ3v) is 2.06. The van der Waals surface area contributed by atoms with E-state index in [1.807, 2.05) is 23.1 Å². The summed E-state index contributed by atoms with van der Waals surface area (Å²) in [6, 6.07) is 0. The Hall–Kier alpha value is -0.410. The molecule has 0 unspecified atom stereocenters. The predicted octanol–water partition coefficient (Wildman–Crippen LogP) is 0.336. The van der Waals surface area contributed by atoms with Crippen molar-refractivity contribution in [3.8, 4) is 0 Å². The van der Waals surface area contributed by atoms with Crippen molar-refractivity contribution in [1.82, 2.24) is 0 Å². The molecule has 2 nitrogen and oxygen atoms in total. The van der Waals surface area contributed by atoms with Gasteiger partial charge in [-0.25, -0.2) is 0 Å². The molecular weight excluding hydrogens is 134 g/mol. The molecule has 1 heterocycles. The summed E-state index contributed by atoms with van der Waals surface area (Å²) < 4.78 is 2.03. The molecule has 0 saturated heterocycles. The zero-order valence-electron chi connectivity index (χ0n) is 5.37. The van der Waals surface area contributed by atoms with Gasteiger partial charge in [-0.3, -0.25) is 0 Å². The summed E-state index contributed by atoms with van der Waals surface area (Å²) in [4.78, 5) is 0. The standard InChI is InChI=1S/C6H10NOS/c1-6-7(2-4-8)3-5-9-6/h3,5,8H,2,4H2,1H3/q+1. The van der Waals surface area contributed by atoms with E-state index in [0.29, 0.717) is 0 Å². The lowest BCUT2D eigenvalue weighted by Gasteiger charge is -1.87. The number of aliphatic hydroxyl groups excluding tert-OH is 1. The third-order valence-electron chi connectivity index (χ3n) is 1.22. The van der Waals surface area contributed by atoms with Crippen LogP contribution in [0.15, 0.2) is 11.6 Å². The SMILES string of the molecule is Cc1scc[n+]1CCO. The average molecular weight is 144 g/mol. The van der Waals surface area contributed by atoms with Crippen LogP contribution in [0.5, 0.6) is 0 Å². The summed E-state index contributed by atoms with van der Waals surface area (Å²) in [6.07, 6.45) is 1.98. The lowest BCUT2D eigenvalue weighted by molar-refractivity contribution is -0.699. The maximum Gasteiger partial charge on any atom is 0.234 e. The Labute approximate surface area is 58.4 Å². The molecule has 0 aromatic carbocycles. The topological polar surface area (TPSA) is 24.1 Å². The molecule has 0 saturated carbocycles. The predicted molar refractivity (Wildman–Crippen MR) is 36.3 cm³/mol. The Kier molecular flexibility index (Phi) is 2.19. The van der Waals surface area contributed by atoms with Gasteiger partial charge in [-0.15, -0.1) is 0 Å². The molecule has 0 aliphatic carbocycles. The highest BCUT2D eigenvalue weighted by molar-refractivity contribution is 7.09. The van der Waals surface area contributed by atoms with Crippen molar-refractivity contribution in [1.29, 1.82) is 0 Å². The number of thiazole rings is 1. The number of rotatable bonds is 2. The molecule has 1 aromatic rings. The Balaban J connectivity index is 2.69. The van der Waals surface area contributed by atoms with Crippen molar-refractivity contribution in [3.05, 3.63) is 16.6 Å². The monoisotopic (exact) mass is 144 g/mol. The van der Waals surface area contributed by atoms with Crippen LogP contribution in [0.3, 0.4) is 0 Å². The van der Waals surface area contributed by atoms with E-state index in [1.54, 1.807) is 11.3 Å². The van der Waals surface area contributed by atoms with E-state index in [-0.39, 0.29) is 6.61 Å². The summed E-state index contributed by atoms with van der Waals surface area (Å²) in [5.74, 6) is 0. The quantitative estimate of drug-likeness (QED) is 0.594. The van der Waals surface area contributed by atoms with Crippen LogP contribution in [-0.2, 0) is 6.54 Å². The van der Waals surface area contributed by atoms with E-state index >= 15 is 0 Å². The zero-order valence-corrected chi connectivity index (χ0v) is 6.19. The molecule has 9 heavy (non-hydrogen) atoms. The highest BCUT2D eigenvalue weighted by Crippen LogP contribution is 1.97. The Morgan fingerprint density at radius 2 is 2.56 bits per heavy atom. The molecule has 1 N–H and O–H groups in total. The zero-order chi connectivity index (χ0) is 6.69. The van der Waals surface area contributed by atoms with Gasteiger partial charge in [0, 0.05) is 6.92 Å². The minimum atomic E-state index is 0.224. The van der Waals surface area contributed by atoms with Gasteiger partial charge in [0.15, 0.2) is 12.7 Å². The molecule has 0 spiro atoms. The van der Waals surface area contributed by atoms with E-state index < -0.39 is 0 Å². The van der Waals surface area contributed by atoms with Gasteiger partial charge in [0.2, 0.25) is 5.01 Å². The maximum absolute atomic E-state index is 8.55. The number of aromatic nitrogens is 1. The molecule has 0 aliphatic heterocycles. The first-order valence-corrected chi connectivity index (χ1v) is 3.77. The summed E-state index contributed by atoms with van der Waals surface area (Å²) in [6.45, 7) is 2.98. The van der Waals surface area contributed by atoms with Crippen molar-refractivity contribution in [3.63, 3.8) is 0 Å². The highest BCUT2D eigenvalue weighted by atomic mass is 32.1. The number of nitrogens with zero attached hydrogens (tertiary/aromatic N) is 1. The highest BCUT2D eigenvalue weighted by Gasteiger charge is 2.03. The van der Waals surface area contributed by atoms with Gasteiger partial charge in [0.05, 0.1) is 5.38 Å². The average Bonchev–Trinajstić information content (AvgIpc) is 2.18. The lowest BCUT2D eigenvalue weighted by atomic mass is 10.6. The molecule has 0 aliphatic rings. The minimum absolute atomic E-state index is 0.224. The number of aryl methyl sites for hydroxylation is 1. The van der Waals surface area contributed by atoms with E-state index in [9.17, 15) is 0 Å². The molecule has 1 aromatic heterocycles. The Bertz CT molecular complexity index is 185. The van der Waals surface area contributed by atoms with E-state index in [2.05, 4.69) is 0 Å². The Morgan fingerprint density at radius 3 is 3.00 bits per heavy atom. The summed E-state index contributed by atoms with van der Waals surface area (Å²) in [5, 5.41) is 11.8. The van der Waals surface area contributed by atoms with Crippen molar-refractivity contribution >= 4 is 11.3 Å². The largest absolute Gasteiger partial charge is 0.390 e. The van der Waals surface area contributed by atoms with E-state index in [0.717, 1.165) is 6.54 Å². The van der Waals surface area contributed by atoms with Crippen LogP contribution in [0.2, 0.25) is 0 Å². The maximum atomic E-state index is 8.55. The third kappa shape index (κ3) is 1.50. The summed E-state index contributed by atoms with van der Waals surface area (Å²) in [5.41, 5.74) is 0. The van der Waals surface area contributed by atoms with Gasteiger partial charge in [0.25, 0.3) is 0 Å². The van der Waals surface area contributed by atoms with Crippen LogP contribution in [0, 0.1) is 6.92 Å². The second kappa shape index (κ2) is 2.94. The van der Waals surface area contributed by atoms with Gasteiger partial charge >= 0.3 is 0 Å². The first kappa shape index (κ1) is 6.71. The first-order valence-electron chi connectivity index (χ1n) is 2.89. The van der Waals surface area contributed by atoms with Crippen LogP contribution >= 0.6 is 11.3 Å². The smallest absolute Gasteiger partial charge is 0.234 e. The van der Waals surface area contributed by atoms with Gasteiger partial charge in [-0.05, 0) is 0 Å². The molecule has 0 atom stereocenters. The van der Waals surface area contributed by atoms with Crippen molar-refractivity contribution in [2.45, 2.75) is 13.5 Å². The molecule has 0 radical (unpaired) electrons. The van der Waals surface area contributed by atoms with Crippen molar-refractivity contribution in [2.24, 2.45) is 0 Å². The fourth-order valence-corrected chi connectivity index (χ4v) is 1.41. The van der Waals surface area contributed by atoms with Crippen LogP contribution in [0.4, 0.5) is 0 Å².